The Balaban J connectivity index is 1.37. The van der Waals surface area contributed by atoms with Crippen LogP contribution in [-0.2, 0) is 24.2 Å². The number of amides is 3. The molecule has 7 heteroatoms. The first-order valence-electron chi connectivity index (χ1n) is 12.5. The predicted octanol–water partition coefficient (Wildman–Crippen LogP) is 5.13. The fourth-order valence-electron chi connectivity index (χ4n) is 5.10. The van der Waals surface area contributed by atoms with Crippen LogP contribution in [0.3, 0.4) is 0 Å². The van der Waals surface area contributed by atoms with Crippen molar-refractivity contribution in [1.29, 1.82) is 0 Å². The number of para-hydroxylation sites is 1. The number of H-pyrrole nitrogens is 1. The molecule has 0 spiro atoms. The standard InChI is InChI=1S/C30H30N4O3/c35-29(33-37)15-11-21-10-13-26-23(18-21)12-14-28(26)34(30(36)32-19-22-6-2-1-3-7-22)17-16-24-20-31-27-9-5-4-8-25(24)27/h1-11,13,15,18,20,28,31,37H,12,14,16-17,19H2,(H,32,36)(H,33,35). The van der Waals surface area contributed by atoms with Crippen molar-refractivity contribution in [2.24, 2.45) is 0 Å². The molecule has 5 rings (SSSR count). The largest absolute Gasteiger partial charge is 0.361 e. The van der Waals surface area contributed by atoms with Gasteiger partial charge in [0.1, 0.15) is 0 Å². The highest BCUT2D eigenvalue weighted by atomic mass is 16.5. The summed E-state index contributed by atoms with van der Waals surface area (Å²) in [5.74, 6) is -0.572. The third-order valence-corrected chi connectivity index (χ3v) is 6.97. The number of urea groups is 1. The van der Waals surface area contributed by atoms with Gasteiger partial charge in [-0.1, -0.05) is 66.7 Å². The molecule has 3 aromatic carbocycles. The summed E-state index contributed by atoms with van der Waals surface area (Å²) in [6, 6.07) is 24.1. The maximum atomic E-state index is 13.5. The number of aryl methyl sites for hydroxylation is 1. The van der Waals surface area contributed by atoms with E-state index in [0.717, 1.165) is 41.5 Å². The van der Waals surface area contributed by atoms with E-state index in [1.54, 1.807) is 11.6 Å². The lowest BCUT2D eigenvalue weighted by atomic mass is 10.0. The number of hydrogen-bond acceptors (Lipinski definition) is 3. The molecule has 0 saturated carbocycles. The van der Waals surface area contributed by atoms with Crippen LogP contribution in [-0.4, -0.2) is 33.6 Å². The first kappa shape index (κ1) is 24.3. The summed E-state index contributed by atoms with van der Waals surface area (Å²) < 4.78 is 0. The van der Waals surface area contributed by atoms with E-state index in [2.05, 4.69) is 28.5 Å². The van der Waals surface area contributed by atoms with Gasteiger partial charge in [-0.25, -0.2) is 10.3 Å². The third-order valence-electron chi connectivity index (χ3n) is 6.97. The van der Waals surface area contributed by atoms with Crippen molar-refractivity contribution in [1.82, 2.24) is 20.7 Å². The Morgan fingerprint density at radius 3 is 2.70 bits per heavy atom. The zero-order valence-corrected chi connectivity index (χ0v) is 20.5. The van der Waals surface area contributed by atoms with Crippen LogP contribution in [0.5, 0.6) is 0 Å². The minimum absolute atomic E-state index is 0.0326. The third kappa shape index (κ3) is 5.57. The number of benzene rings is 3. The van der Waals surface area contributed by atoms with Crippen molar-refractivity contribution in [3.05, 3.63) is 113 Å². The molecule has 0 aliphatic heterocycles. The number of carbonyl (C=O) groups is 2. The van der Waals surface area contributed by atoms with Gasteiger partial charge >= 0.3 is 6.03 Å². The molecule has 37 heavy (non-hydrogen) atoms. The van der Waals surface area contributed by atoms with E-state index in [9.17, 15) is 9.59 Å². The van der Waals surface area contributed by atoms with Crippen LogP contribution in [0.4, 0.5) is 4.79 Å². The van der Waals surface area contributed by atoms with Crippen molar-refractivity contribution in [2.45, 2.75) is 31.8 Å². The molecule has 1 aromatic heterocycles. The number of hydrogen-bond donors (Lipinski definition) is 4. The van der Waals surface area contributed by atoms with E-state index < -0.39 is 5.91 Å². The quantitative estimate of drug-likeness (QED) is 0.155. The summed E-state index contributed by atoms with van der Waals surface area (Å²) >= 11 is 0. The Morgan fingerprint density at radius 1 is 1.05 bits per heavy atom. The van der Waals surface area contributed by atoms with Crippen molar-refractivity contribution in [3.8, 4) is 0 Å². The molecule has 7 nitrogen and oxygen atoms in total. The lowest BCUT2D eigenvalue weighted by Gasteiger charge is -2.30. The summed E-state index contributed by atoms with van der Waals surface area (Å²) in [6.45, 7) is 1.06. The van der Waals surface area contributed by atoms with Crippen LogP contribution in [0.1, 0.15) is 40.3 Å². The number of aromatic amines is 1. The van der Waals surface area contributed by atoms with Gasteiger partial charge in [-0.05, 0) is 59.2 Å². The van der Waals surface area contributed by atoms with Gasteiger partial charge in [0, 0.05) is 36.3 Å². The molecule has 1 aliphatic carbocycles. The van der Waals surface area contributed by atoms with Crippen LogP contribution in [0.15, 0.2) is 85.1 Å². The van der Waals surface area contributed by atoms with Crippen LogP contribution in [0.2, 0.25) is 0 Å². The van der Waals surface area contributed by atoms with Crippen molar-refractivity contribution < 1.29 is 14.8 Å². The van der Waals surface area contributed by atoms with Gasteiger partial charge < -0.3 is 15.2 Å². The number of aromatic nitrogens is 1. The predicted molar refractivity (Wildman–Crippen MR) is 144 cm³/mol. The normalized spacial score (nSPS) is 14.6. The Morgan fingerprint density at radius 2 is 1.86 bits per heavy atom. The molecule has 0 saturated heterocycles. The molecule has 4 aromatic rings. The number of rotatable bonds is 8. The fourth-order valence-corrected chi connectivity index (χ4v) is 5.10. The zero-order chi connectivity index (χ0) is 25.6. The number of nitrogens with zero attached hydrogens (tertiary/aromatic N) is 1. The molecule has 3 amide bonds. The minimum atomic E-state index is -0.572. The molecule has 4 N–H and O–H groups in total. The minimum Gasteiger partial charge on any atom is -0.361 e. The highest BCUT2D eigenvalue weighted by Crippen LogP contribution is 2.37. The maximum Gasteiger partial charge on any atom is 0.318 e. The smallest absolute Gasteiger partial charge is 0.318 e. The van der Waals surface area contributed by atoms with Gasteiger partial charge in [0.15, 0.2) is 0 Å². The number of fused-ring (bicyclic) bond motifs is 2. The van der Waals surface area contributed by atoms with E-state index in [0.29, 0.717) is 13.1 Å². The monoisotopic (exact) mass is 494 g/mol. The van der Waals surface area contributed by atoms with E-state index >= 15 is 0 Å². The van der Waals surface area contributed by atoms with E-state index in [-0.39, 0.29) is 12.1 Å². The van der Waals surface area contributed by atoms with Gasteiger partial charge in [0.05, 0.1) is 6.04 Å². The Bertz CT molecular complexity index is 1430. The second-order valence-electron chi connectivity index (χ2n) is 9.27. The summed E-state index contributed by atoms with van der Waals surface area (Å²) in [5, 5.41) is 13.0. The van der Waals surface area contributed by atoms with Crippen LogP contribution < -0.4 is 10.8 Å². The van der Waals surface area contributed by atoms with Gasteiger partial charge in [-0.2, -0.15) is 0 Å². The van der Waals surface area contributed by atoms with Crippen molar-refractivity contribution in [3.63, 3.8) is 0 Å². The van der Waals surface area contributed by atoms with Gasteiger partial charge in [0.25, 0.3) is 5.91 Å². The molecule has 1 atom stereocenters. The summed E-state index contributed by atoms with van der Waals surface area (Å²) in [5.41, 5.74) is 8.13. The lowest BCUT2D eigenvalue weighted by Crippen LogP contribution is -2.42. The van der Waals surface area contributed by atoms with Crippen LogP contribution >= 0.6 is 0 Å². The lowest BCUT2D eigenvalue weighted by molar-refractivity contribution is -0.124. The Kier molecular flexibility index (Phi) is 7.33. The van der Waals surface area contributed by atoms with E-state index in [1.807, 2.05) is 65.7 Å². The molecular weight excluding hydrogens is 464 g/mol. The SMILES string of the molecule is O=C(C=Cc1ccc2c(c1)CCC2N(CCc1c[nH]c2ccccc12)C(=O)NCc1ccccc1)NO. The number of hydroxylamine groups is 1. The first-order chi connectivity index (χ1) is 18.1. The summed E-state index contributed by atoms with van der Waals surface area (Å²) in [6.07, 6.45) is 7.43. The molecule has 188 valence electrons. The van der Waals surface area contributed by atoms with Gasteiger partial charge in [-0.15, -0.1) is 0 Å². The van der Waals surface area contributed by atoms with Crippen LogP contribution in [0.25, 0.3) is 17.0 Å². The van der Waals surface area contributed by atoms with Crippen molar-refractivity contribution >= 4 is 28.9 Å². The average Bonchev–Trinajstić information content (AvgIpc) is 3.55. The molecule has 1 heterocycles. The van der Waals surface area contributed by atoms with E-state index in [4.69, 9.17) is 5.21 Å². The molecule has 0 bridgehead atoms. The molecule has 0 radical (unpaired) electrons. The first-order valence-corrected chi connectivity index (χ1v) is 12.5. The second kappa shape index (κ2) is 11.1. The molecule has 1 aliphatic rings. The van der Waals surface area contributed by atoms with E-state index in [1.165, 1.54) is 22.6 Å². The van der Waals surface area contributed by atoms with Gasteiger partial charge in [0.2, 0.25) is 0 Å². The molecule has 0 fully saturated rings. The maximum absolute atomic E-state index is 13.5. The summed E-state index contributed by atoms with van der Waals surface area (Å²) in [7, 11) is 0. The molecular formula is C30H30N4O3. The molecule has 1 unspecified atom stereocenters. The Hall–Kier alpha value is -4.36. The highest BCUT2D eigenvalue weighted by Gasteiger charge is 2.31. The zero-order valence-electron chi connectivity index (χ0n) is 20.5. The summed E-state index contributed by atoms with van der Waals surface area (Å²) in [4.78, 5) is 30.2. The topological polar surface area (TPSA) is 97.5 Å². The van der Waals surface area contributed by atoms with Crippen molar-refractivity contribution in [2.75, 3.05) is 6.54 Å². The fraction of sp³-hybridized carbons (Fsp3) is 0.200. The number of nitrogens with one attached hydrogen (secondary N) is 3. The highest BCUT2D eigenvalue weighted by molar-refractivity contribution is 5.90. The Labute approximate surface area is 215 Å². The van der Waals surface area contributed by atoms with Crippen LogP contribution in [0, 0.1) is 0 Å². The average molecular weight is 495 g/mol. The second-order valence-corrected chi connectivity index (χ2v) is 9.27. The van der Waals surface area contributed by atoms with Gasteiger partial charge in [-0.3, -0.25) is 10.0 Å². The number of carbonyl (C=O) groups excluding carboxylic acids is 2.